The van der Waals surface area contributed by atoms with Crippen molar-refractivity contribution >= 4 is 0 Å². The lowest BCUT2D eigenvalue weighted by Gasteiger charge is -2.44. The summed E-state index contributed by atoms with van der Waals surface area (Å²) in [6, 6.07) is 0. The van der Waals surface area contributed by atoms with E-state index in [1.807, 2.05) is 0 Å². The first kappa shape index (κ1) is 38.4. The van der Waals surface area contributed by atoms with Gasteiger partial charge in [-0.1, -0.05) is 0 Å². The highest BCUT2D eigenvalue weighted by Gasteiger charge is 2.51. The molecule has 5 saturated heterocycles. The van der Waals surface area contributed by atoms with Crippen molar-refractivity contribution in [1.29, 1.82) is 0 Å². The van der Waals surface area contributed by atoms with Gasteiger partial charge in [0.05, 0.1) is 46.2 Å². The van der Waals surface area contributed by atoms with Gasteiger partial charge in [0.25, 0.3) is 0 Å². The van der Waals surface area contributed by atoms with E-state index in [0.717, 1.165) is 0 Å². The highest BCUT2D eigenvalue weighted by Crippen LogP contribution is 2.31. The number of rotatable bonds is 11. The summed E-state index contributed by atoms with van der Waals surface area (Å²) >= 11 is 0. The first-order chi connectivity index (χ1) is 22.9. The minimum Gasteiger partial charge on any atom is -0.394 e. The first-order valence-electron chi connectivity index (χ1n) is 15.6. The van der Waals surface area contributed by atoms with Crippen LogP contribution in [0.3, 0.4) is 0 Å². The fourth-order valence-electron chi connectivity index (χ4n) is 6.04. The van der Waals surface area contributed by atoms with Gasteiger partial charge in [0, 0.05) is 0 Å². The van der Waals surface area contributed by atoms with E-state index in [1.165, 1.54) is 0 Å². The lowest BCUT2D eigenvalue weighted by atomic mass is 9.98. The molecule has 0 aliphatic carbocycles. The molecular formula is C27H46O21. The molecule has 12 N–H and O–H groups in total. The van der Waals surface area contributed by atoms with Crippen molar-refractivity contribution in [2.75, 3.05) is 46.2 Å². The SMILES string of the molecule is OC[C@@H]1O[C@@H](OC2C(O)[C@H](O[C@@H]3OC[C@@H](O)C(O)C3O)CO[C@H]2CO[C@@H]2CO[C@@H](O[C@H]3CO[C@@H](CO)C(O)C3O)C(O)C2O)C(O)C1O. The molecule has 48 heavy (non-hydrogen) atoms. The zero-order valence-electron chi connectivity index (χ0n) is 25.5. The Labute approximate surface area is 273 Å². The molecule has 21 nitrogen and oxygen atoms in total. The molecule has 0 spiro atoms. The van der Waals surface area contributed by atoms with Crippen LogP contribution in [0.5, 0.6) is 0 Å². The summed E-state index contributed by atoms with van der Waals surface area (Å²) in [6.07, 6.45) is -28.8. The average molecular weight is 707 g/mol. The largest absolute Gasteiger partial charge is 0.394 e. The molecule has 0 saturated carbocycles. The van der Waals surface area contributed by atoms with Crippen molar-refractivity contribution in [3.63, 3.8) is 0 Å². The second-order valence-electron chi connectivity index (χ2n) is 12.4. The average Bonchev–Trinajstić information content (AvgIpc) is 3.35. The third-order valence-corrected chi connectivity index (χ3v) is 9.10. The zero-order chi connectivity index (χ0) is 34.9. The molecule has 5 rings (SSSR count). The predicted octanol–water partition coefficient (Wildman–Crippen LogP) is -8.64. The van der Waals surface area contributed by atoms with Crippen molar-refractivity contribution in [2.24, 2.45) is 0 Å². The van der Waals surface area contributed by atoms with Gasteiger partial charge in [0.2, 0.25) is 0 Å². The Balaban J connectivity index is 1.20. The van der Waals surface area contributed by atoms with Crippen LogP contribution in [0.2, 0.25) is 0 Å². The monoisotopic (exact) mass is 706 g/mol. The van der Waals surface area contributed by atoms with Gasteiger partial charge in [-0.3, -0.25) is 0 Å². The minimum absolute atomic E-state index is 0.247. The fourth-order valence-corrected chi connectivity index (χ4v) is 6.04. The molecule has 0 aromatic carbocycles. The summed E-state index contributed by atoms with van der Waals surface area (Å²) in [5.41, 5.74) is 0. The van der Waals surface area contributed by atoms with Crippen LogP contribution in [0.1, 0.15) is 0 Å². The molecule has 0 aromatic rings. The third kappa shape index (κ3) is 8.12. The smallest absolute Gasteiger partial charge is 0.187 e. The highest BCUT2D eigenvalue weighted by atomic mass is 16.7. The Morgan fingerprint density at radius 3 is 1.56 bits per heavy atom. The fraction of sp³-hybridized carbons (Fsp3) is 1.00. The van der Waals surface area contributed by atoms with Crippen molar-refractivity contribution in [1.82, 2.24) is 0 Å². The molecule has 10 unspecified atom stereocenters. The van der Waals surface area contributed by atoms with Gasteiger partial charge in [-0.15, -0.1) is 0 Å². The van der Waals surface area contributed by atoms with Crippen LogP contribution in [-0.4, -0.2) is 230 Å². The molecule has 5 aliphatic heterocycles. The van der Waals surface area contributed by atoms with Crippen LogP contribution in [0.25, 0.3) is 0 Å². The van der Waals surface area contributed by atoms with Gasteiger partial charge < -0.3 is 104 Å². The Kier molecular flexibility index (Phi) is 13.3. The van der Waals surface area contributed by atoms with Gasteiger partial charge in [-0.25, -0.2) is 0 Å². The van der Waals surface area contributed by atoms with Crippen LogP contribution >= 0.6 is 0 Å². The maximum atomic E-state index is 11.3. The number of aliphatic hydroxyl groups excluding tert-OH is 12. The van der Waals surface area contributed by atoms with Crippen molar-refractivity contribution in [2.45, 2.75) is 123 Å². The van der Waals surface area contributed by atoms with Crippen molar-refractivity contribution in [3.8, 4) is 0 Å². The van der Waals surface area contributed by atoms with Gasteiger partial charge in [0.15, 0.2) is 18.9 Å². The molecule has 0 aromatic heterocycles. The summed E-state index contributed by atoms with van der Waals surface area (Å²) in [6.45, 7) is -2.95. The van der Waals surface area contributed by atoms with Crippen LogP contribution in [0.4, 0.5) is 0 Å². The van der Waals surface area contributed by atoms with Crippen molar-refractivity contribution < 1.29 is 104 Å². The van der Waals surface area contributed by atoms with E-state index >= 15 is 0 Å². The Hall–Kier alpha value is -0.840. The van der Waals surface area contributed by atoms with E-state index in [1.54, 1.807) is 0 Å². The molecule has 0 bridgehead atoms. The van der Waals surface area contributed by atoms with Gasteiger partial charge in [-0.05, 0) is 0 Å². The maximum Gasteiger partial charge on any atom is 0.187 e. The Morgan fingerprint density at radius 1 is 0.438 bits per heavy atom. The molecule has 5 fully saturated rings. The molecule has 0 radical (unpaired) electrons. The van der Waals surface area contributed by atoms with Gasteiger partial charge in [-0.2, -0.15) is 0 Å². The quantitative estimate of drug-likeness (QED) is 0.0949. The lowest BCUT2D eigenvalue weighted by molar-refractivity contribution is -0.331. The third-order valence-electron chi connectivity index (χ3n) is 9.10. The number of ether oxygens (including phenoxy) is 9. The molecule has 21 heteroatoms. The Morgan fingerprint density at radius 2 is 0.938 bits per heavy atom. The van der Waals surface area contributed by atoms with E-state index < -0.39 is 142 Å². The molecule has 5 aliphatic rings. The summed E-state index contributed by atoms with van der Waals surface area (Å²) in [5, 5.41) is 122. The molecule has 5 heterocycles. The lowest BCUT2D eigenvalue weighted by Crippen LogP contribution is -2.62. The van der Waals surface area contributed by atoms with Crippen LogP contribution in [-0.2, 0) is 42.6 Å². The molecule has 20 atom stereocenters. The second-order valence-corrected chi connectivity index (χ2v) is 12.4. The van der Waals surface area contributed by atoms with Crippen molar-refractivity contribution in [3.05, 3.63) is 0 Å². The molecular weight excluding hydrogens is 660 g/mol. The summed E-state index contributed by atoms with van der Waals surface area (Å²) in [4.78, 5) is 0. The first-order valence-corrected chi connectivity index (χ1v) is 15.6. The minimum atomic E-state index is -1.71. The van der Waals surface area contributed by atoms with E-state index in [9.17, 15) is 61.3 Å². The summed E-state index contributed by atoms with van der Waals surface area (Å²) in [7, 11) is 0. The Bertz CT molecular complexity index is 997. The van der Waals surface area contributed by atoms with E-state index in [2.05, 4.69) is 0 Å². The van der Waals surface area contributed by atoms with Crippen LogP contribution in [0.15, 0.2) is 0 Å². The summed E-state index contributed by atoms with van der Waals surface area (Å²) in [5.74, 6) is 0. The van der Waals surface area contributed by atoms with E-state index in [0.29, 0.717) is 0 Å². The standard InChI is InChI=1S/C27H46O21/c28-1-9-16(32)19(35)12(5-40-9)46-26-22(38)18(34)11(4-44-26)41-7-14-24(48-27-23(39)17(33)10(2-29)45-27)20(36)13(6-42-14)47-25-21(37)15(31)8(30)3-43-25/h8-39H,1-7H2/t8-,9+,10+,11-,12+,13-,14+,15?,16?,17?,18?,19?,20?,21?,22?,23?,24?,25+,26+,27+/m1/s1. The van der Waals surface area contributed by atoms with Crippen LogP contribution in [0, 0.1) is 0 Å². The number of hydrogen-bond donors (Lipinski definition) is 12. The highest BCUT2D eigenvalue weighted by molar-refractivity contribution is 4.95. The maximum absolute atomic E-state index is 11.3. The topological polar surface area (TPSA) is 326 Å². The second kappa shape index (κ2) is 16.7. The molecule has 0 amide bonds. The summed E-state index contributed by atoms with van der Waals surface area (Å²) < 4.78 is 49.9. The van der Waals surface area contributed by atoms with E-state index in [-0.39, 0.29) is 26.4 Å². The normalized spacial score (nSPS) is 52.0. The predicted molar refractivity (Wildman–Crippen MR) is 146 cm³/mol. The number of aliphatic hydroxyl groups is 12. The molecule has 280 valence electrons. The van der Waals surface area contributed by atoms with Gasteiger partial charge >= 0.3 is 0 Å². The van der Waals surface area contributed by atoms with E-state index in [4.69, 9.17) is 42.6 Å². The van der Waals surface area contributed by atoms with Crippen LogP contribution < -0.4 is 0 Å². The van der Waals surface area contributed by atoms with Gasteiger partial charge in [0.1, 0.15) is 104 Å². The number of hydrogen-bond acceptors (Lipinski definition) is 21. The zero-order valence-corrected chi connectivity index (χ0v) is 25.5.